The molecule has 1 aliphatic carbocycles. The molecule has 0 unspecified atom stereocenters. The van der Waals surface area contributed by atoms with Crippen molar-refractivity contribution < 1.29 is 14.3 Å². The highest BCUT2D eigenvalue weighted by Gasteiger charge is 2.33. The number of likely N-dealkylation sites (tertiary alicyclic amines) is 1. The number of nitrogens with zero attached hydrogens (tertiary/aromatic N) is 2. The van der Waals surface area contributed by atoms with Crippen molar-refractivity contribution in [1.29, 1.82) is 0 Å². The molecule has 0 saturated carbocycles. The first-order valence-electron chi connectivity index (χ1n) is 10.7. The number of ether oxygens (including phenoxy) is 2. The van der Waals surface area contributed by atoms with E-state index in [-0.39, 0.29) is 12.2 Å². The molecule has 0 bridgehead atoms. The molecule has 3 heterocycles. The molecule has 0 radical (unpaired) electrons. The number of rotatable bonds is 2. The number of fused-ring (bicyclic) bond motifs is 2. The fourth-order valence-corrected chi connectivity index (χ4v) is 4.96. The van der Waals surface area contributed by atoms with Crippen LogP contribution in [0, 0.1) is 12.8 Å². The highest BCUT2D eigenvalue weighted by molar-refractivity contribution is 6.08. The lowest BCUT2D eigenvalue weighted by Crippen LogP contribution is -2.42. The van der Waals surface area contributed by atoms with Crippen LogP contribution in [0.1, 0.15) is 52.9 Å². The molecule has 0 atom stereocenters. The number of amides is 1. The van der Waals surface area contributed by atoms with Gasteiger partial charge in [0.1, 0.15) is 0 Å². The first kappa shape index (κ1) is 18.1. The number of carbonyl (C=O) groups excluding carboxylic acids is 1. The molecule has 1 aromatic heterocycles. The van der Waals surface area contributed by atoms with Crippen molar-refractivity contribution >= 4 is 16.8 Å². The Hall–Kier alpha value is -1.98. The van der Waals surface area contributed by atoms with Crippen LogP contribution in [0.3, 0.4) is 0 Å². The molecule has 28 heavy (non-hydrogen) atoms. The zero-order valence-corrected chi connectivity index (χ0v) is 16.6. The fourth-order valence-electron chi connectivity index (χ4n) is 4.96. The van der Waals surface area contributed by atoms with E-state index in [4.69, 9.17) is 14.5 Å². The number of carbonyl (C=O) groups is 1. The number of pyridine rings is 1. The monoisotopic (exact) mass is 380 g/mol. The van der Waals surface area contributed by atoms with Crippen LogP contribution in [0.25, 0.3) is 10.9 Å². The highest BCUT2D eigenvalue weighted by atomic mass is 16.7. The first-order chi connectivity index (χ1) is 13.7. The molecule has 0 spiro atoms. The van der Waals surface area contributed by atoms with Gasteiger partial charge in [0.2, 0.25) is 0 Å². The van der Waals surface area contributed by atoms with Crippen LogP contribution in [0.2, 0.25) is 0 Å². The topological polar surface area (TPSA) is 51.7 Å². The Kier molecular flexibility index (Phi) is 4.81. The molecule has 1 aromatic carbocycles. The van der Waals surface area contributed by atoms with Gasteiger partial charge in [0.15, 0.2) is 6.29 Å². The minimum Gasteiger partial charge on any atom is -0.350 e. The van der Waals surface area contributed by atoms with Gasteiger partial charge in [-0.1, -0.05) is 11.6 Å². The van der Waals surface area contributed by atoms with E-state index in [1.54, 1.807) is 0 Å². The highest BCUT2D eigenvalue weighted by Crippen LogP contribution is 2.32. The second-order valence-electron chi connectivity index (χ2n) is 8.38. The van der Waals surface area contributed by atoms with Crippen LogP contribution >= 0.6 is 0 Å². The normalized spacial score (nSPS) is 21.2. The summed E-state index contributed by atoms with van der Waals surface area (Å²) < 4.78 is 11.4. The third-order valence-electron chi connectivity index (χ3n) is 6.49. The molecule has 5 heteroatoms. The maximum Gasteiger partial charge on any atom is 0.254 e. The Balaban J connectivity index is 1.46. The molecule has 2 aliphatic heterocycles. The molecule has 2 aromatic rings. The Morgan fingerprint density at radius 1 is 1.11 bits per heavy atom. The fraction of sp³-hybridized carbons (Fsp3) is 0.565. The average Bonchev–Trinajstić information content (AvgIpc) is 3.27. The molecule has 148 valence electrons. The lowest BCUT2D eigenvalue weighted by atomic mass is 9.88. The van der Waals surface area contributed by atoms with Crippen molar-refractivity contribution in [2.45, 2.75) is 51.7 Å². The van der Waals surface area contributed by atoms with Crippen LogP contribution in [0.5, 0.6) is 0 Å². The van der Waals surface area contributed by atoms with Gasteiger partial charge in [-0.25, -0.2) is 0 Å². The smallest absolute Gasteiger partial charge is 0.254 e. The number of piperidine rings is 1. The maximum absolute atomic E-state index is 13.7. The minimum atomic E-state index is -0.0746. The van der Waals surface area contributed by atoms with Crippen molar-refractivity contribution in [2.24, 2.45) is 5.92 Å². The second-order valence-corrected chi connectivity index (χ2v) is 8.38. The molecular weight excluding hydrogens is 352 g/mol. The predicted octanol–water partition coefficient (Wildman–Crippen LogP) is 3.65. The third kappa shape index (κ3) is 3.20. The second kappa shape index (κ2) is 7.45. The van der Waals surface area contributed by atoms with Gasteiger partial charge in [-0.3, -0.25) is 9.78 Å². The van der Waals surface area contributed by atoms with Crippen molar-refractivity contribution in [3.8, 4) is 0 Å². The van der Waals surface area contributed by atoms with Crippen molar-refractivity contribution in [1.82, 2.24) is 9.88 Å². The zero-order valence-electron chi connectivity index (χ0n) is 16.6. The van der Waals surface area contributed by atoms with E-state index in [1.165, 1.54) is 11.1 Å². The van der Waals surface area contributed by atoms with Crippen molar-refractivity contribution in [2.75, 3.05) is 26.3 Å². The molecule has 0 N–H and O–H groups in total. The van der Waals surface area contributed by atoms with Gasteiger partial charge < -0.3 is 14.4 Å². The number of aryl methyl sites for hydroxylation is 2. The van der Waals surface area contributed by atoms with E-state index in [2.05, 4.69) is 25.1 Å². The van der Waals surface area contributed by atoms with E-state index in [1.807, 2.05) is 4.90 Å². The first-order valence-corrected chi connectivity index (χ1v) is 10.7. The van der Waals surface area contributed by atoms with Gasteiger partial charge in [0.25, 0.3) is 5.91 Å². The van der Waals surface area contributed by atoms with Gasteiger partial charge in [0, 0.05) is 30.1 Å². The van der Waals surface area contributed by atoms with E-state index in [0.717, 1.165) is 73.8 Å². The molecule has 5 nitrogen and oxygen atoms in total. The standard InChI is InChI=1S/C23H28N2O3/c1-15-6-7-20-18(14-15)21(17-4-2-3-5-19(17)24-20)22(26)25-10-8-16(9-11-25)23-27-12-13-28-23/h6-7,14,16,23H,2-5,8-13H2,1H3. The molecule has 5 rings (SSSR count). The predicted molar refractivity (Wildman–Crippen MR) is 107 cm³/mol. The summed E-state index contributed by atoms with van der Waals surface area (Å²) in [4.78, 5) is 20.6. The number of hydrogen-bond acceptors (Lipinski definition) is 4. The molecule has 2 saturated heterocycles. The quantitative estimate of drug-likeness (QED) is 0.798. The summed E-state index contributed by atoms with van der Waals surface area (Å²) in [5.74, 6) is 0.583. The number of benzene rings is 1. The summed E-state index contributed by atoms with van der Waals surface area (Å²) in [6, 6.07) is 6.29. The molecule has 2 fully saturated rings. The van der Waals surface area contributed by atoms with E-state index in [9.17, 15) is 4.79 Å². The lowest BCUT2D eigenvalue weighted by molar-refractivity contribution is -0.0956. The summed E-state index contributed by atoms with van der Waals surface area (Å²) in [6.45, 7) is 5.02. The summed E-state index contributed by atoms with van der Waals surface area (Å²) in [5.41, 5.74) is 5.37. The minimum absolute atomic E-state index is 0.0746. The molecule has 1 amide bonds. The summed E-state index contributed by atoms with van der Waals surface area (Å²) in [6.07, 6.45) is 6.07. The summed E-state index contributed by atoms with van der Waals surface area (Å²) >= 11 is 0. The maximum atomic E-state index is 13.7. The van der Waals surface area contributed by atoms with E-state index in [0.29, 0.717) is 19.1 Å². The lowest BCUT2D eigenvalue weighted by Gasteiger charge is -2.34. The van der Waals surface area contributed by atoms with E-state index >= 15 is 0 Å². The third-order valence-corrected chi connectivity index (χ3v) is 6.49. The van der Waals surface area contributed by atoms with Crippen LogP contribution in [0.4, 0.5) is 0 Å². The molecular formula is C23H28N2O3. The average molecular weight is 380 g/mol. The van der Waals surface area contributed by atoms with Gasteiger partial charge in [-0.15, -0.1) is 0 Å². The molecule has 3 aliphatic rings. The zero-order chi connectivity index (χ0) is 19.1. The Morgan fingerprint density at radius 2 is 1.86 bits per heavy atom. The summed E-state index contributed by atoms with van der Waals surface area (Å²) in [7, 11) is 0. The van der Waals surface area contributed by atoms with Gasteiger partial charge in [-0.05, 0) is 63.1 Å². The van der Waals surface area contributed by atoms with Crippen LogP contribution in [0.15, 0.2) is 18.2 Å². The number of aromatic nitrogens is 1. The van der Waals surface area contributed by atoms with Gasteiger partial charge in [0.05, 0.1) is 24.3 Å². The van der Waals surface area contributed by atoms with Gasteiger partial charge in [-0.2, -0.15) is 0 Å². The van der Waals surface area contributed by atoms with Crippen molar-refractivity contribution in [3.63, 3.8) is 0 Å². The van der Waals surface area contributed by atoms with Gasteiger partial charge >= 0.3 is 0 Å². The van der Waals surface area contributed by atoms with Crippen LogP contribution in [-0.2, 0) is 22.3 Å². The SMILES string of the molecule is Cc1ccc2nc3c(c(C(=O)N4CCC(C5OCCO5)CC4)c2c1)CCCC3. The largest absolute Gasteiger partial charge is 0.350 e. The Bertz CT molecular complexity index is 896. The Labute approximate surface area is 166 Å². The summed E-state index contributed by atoms with van der Waals surface area (Å²) in [5, 5.41) is 1.02. The van der Waals surface area contributed by atoms with E-state index < -0.39 is 0 Å². The Morgan fingerprint density at radius 3 is 2.64 bits per heavy atom. The van der Waals surface area contributed by atoms with Crippen molar-refractivity contribution in [3.05, 3.63) is 40.6 Å². The van der Waals surface area contributed by atoms with Crippen LogP contribution in [-0.4, -0.2) is 48.4 Å². The van der Waals surface area contributed by atoms with Crippen LogP contribution < -0.4 is 0 Å². The number of hydrogen-bond donors (Lipinski definition) is 0.